The molecule has 29 heavy (non-hydrogen) atoms. The van der Waals surface area contributed by atoms with Crippen LogP contribution in [0.25, 0.3) is 11.1 Å². The molecule has 0 fully saturated rings. The molecule has 0 saturated carbocycles. The molecular weight excluding hydrogens is 405 g/mol. The zero-order valence-electron chi connectivity index (χ0n) is 14.3. The molecule has 0 radical (unpaired) electrons. The van der Waals surface area contributed by atoms with Crippen molar-refractivity contribution in [3.63, 3.8) is 0 Å². The van der Waals surface area contributed by atoms with Gasteiger partial charge < -0.3 is 14.8 Å². The van der Waals surface area contributed by atoms with Crippen molar-refractivity contribution in [2.24, 2.45) is 0 Å². The van der Waals surface area contributed by atoms with Crippen molar-refractivity contribution in [3.05, 3.63) is 53.4 Å². The average molecular weight is 417 g/mol. The first-order chi connectivity index (χ1) is 13.7. The summed E-state index contributed by atoms with van der Waals surface area (Å²) in [7, 11) is 0. The Kier molecular flexibility index (Phi) is 5.66. The van der Waals surface area contributed by atoms with Crippen molar-refractivity contribution in [1.82, 2.24) is 10.5 Å². The summed E-state index contributed by atoms with van der Waals surface area (Å²) in [4.78, 5) is 20.6. The van der Waals surface area contributed by atoms with E-state index in [9.17, 15) is 26.7 Å². The lowest BCUT2D eigenvalue weighted by Crippen LogP contribution is -2.26. The van der Waals surface area contributed by atoms with Gasteiger partial charge in [0.2, 0.25) is 0 Å². The normalized spacial score (nSPS) is 11.7. The highest BCUT2D eigenvalue weighted by molar-refractivity contribution is 6.03. The smallest absolute Gasteiger partial charge is 0.416 e. The number of aliphatic hydroxyl groups is 1. The van der Waals surface area contributed by atoms with E-state index >= 15 is 0 Å². The molecule has 0 atom stereocenters. The van der Waals surface area contributed by atoms with Crippen LogP contribution in [0, 0.1) is 11.6 Å². The summed E-state index contributed by atoms with van der Waals surface area (Å²) >= 11 is 0. The average Bonchev–Trinajstić information content (AvgIpc) is 3.13. The summed E-state index contributed by atoms with van der Waals surface area (Å²) in [5.74, 6) is -3.39. The number of nitrogens with zero attached hydrogens (tertiary/aromatic N) is 1. The predicted octanol–water partition coefficient (Wildman–Crippen LogP) is 3.52. The number of rotatable bonds is 6. The standard InChI is InChI=1S/C17H12F5N3O4/c18-10-5-8(17(20,21)22)1-2-11(10)24-14-9(16(27)25-29-4-3-26)6-12-15(13(14)19)23-7-28-12/h1-2,5-7,24,26H,3-4H2,(H,25,27). The van der Waals surface area contributed by atoms with Crippen molar-refractivity contribution in [1.29, 1.82) is 0 Å². The minimum atomic E-state index is -4.76. The monoisotopic (exact) mass is 417 g/mol. The van der Waals surface area contributed by atoms with Crippen LogP contribution in [0.1, 0.15) is 15.9 Å². The molecular formula is C17H12F5N3O4. The molecule has 1 amide bonds. The first-order valence-electron chi connectivity index (χ1n) is 7.95. The van der Waals surface area contributed by atoms with Crippen LogP contribution >= 0.6 is 0 Å². The highest BCUT2D eigenvalue weighted by Crippen LogP contribution is 2.34. The third kappa shape index (κ3) is 4.27. The van der Waals surface area contributed by atoms with Gasteiger partial charge in [-0.25, -0.2) is 19.2 Å². The Morgan fingerprint density at radius 3 is 2.66 bits per heavy atom. The molecule has 12 heteroatoms. The molecule has 0 aliphatic heterocycles. The van der Waals surface area contributed by atoms with Crippen molar-refractivity contribution in [2.45, 2.75) is 6.18 Å². The van der Waals surface area contributed by atoms with Gasteiger partial charge in [-0.05, 0) is 24.3 Å². The number of benzene rings is 2. The van der Waals surface area contributed by atoms with Gasteiger partial charge in [0.05, 0.1) is 35.7 Å². The lowest BCUT2D eigenvalue weighted by Gasteiger charge is -2.15. The van der Waals surface area contributed by atoms with E-state index in [0.717, 1.165) is 18.5 Å². The number of carbonyl (C=O) groups excluding carboxylic acids is 1. The first kappa shape index (κ1) is 20.5. The van der Waals surface area contributed by atoms with Gasteiger partial charge in [-0.1, -0.05) is 0 Å². The fourth-order valence-corrected chi connectivity index (χ4v) is 2.41. The lowest BCUT2D eigenvalue weighted by molar-refractivity contribution is -0.137. The van der Waals surface area contributed by atoms with Gasteiger partial charge in [0.1, 0.15) is 11.3 Å². The van der Waals surface area contributed by atoms with Crippen molar-refractivity contribution < 1.29 is 41.1 Å². The molecule has 154 valence electrons. The molecule has 1 aromatic heterocycles. The largest absolute Gasteiger partial charge is 0.443 e. The molecule has 3 N–H and O–H groups in total. The number of carbonyl (C=O) groups is 1. The van der Waals surface area contributed by atoms with Crippen LogP contribution in [0.2, 0.25) is 0 Å². The van der Waals surface area contributed by atoms with E-state index < -0.39 is 52.8 Å². The summed E-state index contributed by atoms with van der Waals surface area (Å²) < 4.78 is 72.1. The number of halogens is 5. The topological polar surface area (TPSA) is 96.6 Å². The minimum absolute atomic E-state index is 0.103. The van der Waals surface area contributed by atoms with Gasteiger partial charge in [0.15, 0.2) is 17.8 Å². The lowest BCUT2D eigenvalue weighted by atomic mass is 10.1. The molecule has 3 rings (SSSR count). The fourth-order valence-electron chi connectivity index (χ4n) is 2.41. The summed E-state index contributed by atoms with van der Waals surface area (Å²) in [6.07, 6.45) is -3.85. The van der Waals surface area contributed by atoms with Crippen molar-refractivity contribution in [3.8, 4) is 0 Å². The number of hydrogen-bond acceptors (Lipinski definition) is 6. The number of hydroxylamine groups is 1. The van der Waals surface area contributed by atoms with E-state index in [0.29, 0.717) is 6.07 Å². The predicted molar refractivity (Wildman–Crippen MR) is 89.2 cm³/mol. The number of aromatic nitrogens is 1. The number of alkyl halides is 3. The van der Waals surface area contributed by atoms with Gasteiger partial charge in [0, 0.05) is 0 Å². The van der Waals surface area contributed by atoms with Crippen molar-refractivity contribution >= 4 is 28.4 Å². The molecule has 0 unspecified atom stereocenters. The second kappa shape index (κ2) is 8.01. The van der Waals surface area contributed by atoms with E-state index in [1.165, 1.54) is 0 Å². The number of aliphatic hydroxyl groups excluding tert-OH is 1. The van der Waals surface area contributed by atoms with E-state index in [2.05, 4.69) is 15.1 Å². The molecule has 0 spiro atoms. The quantitative estimate of drug-likeness (QED) is 0.323. The Morgan fingerprint density at radius 1 is 1.24 bits per heavy atom. The third-order valence-corrected chi connectivity index (χ3v) is 3.73. The van der Waals surface area contributed by atoms with E-state index in [1.54, 1.807) is 0 Å². The van der Waals surface area contributed by atoms with Crippen LogP contribution in [0.15, 0.2) is 35.1 Å². The molecule has 1 heterocycles. The summed E-state index contributed by atoms with van der Waals surface area (Å²) in [6.45, 7) is -0.660. The SMILES string of the molecule is O=C(NOCCO)c1cc2ocnc2c(F)c1Nc1ccc(C(F)(F)F)cc1F. The van der Waals surface area contributed by atoms with Crippen LogP contribution < -0.4 is 10.8 Å². The van der Waals surface area contributed by atoms with Crippen LogP contribution in [0.3, 0.4) is 0 Å². The molecule has 3 aromatic rings. The third-order valence-electron chi connectivity index (χ3n) is 3.73. The highest BCUT2D eigenvalue weighted by atomic mass is 19.4. The van der Waals surface area contributed by atoms with E-state index in [-0.39, 0.29) is 23.8 Å². The number of anilines is 2. The number of nitrogens with one attached hydrogen (secondary N) is 2. The molecule has 2 aromatic carbocycles. The second-order valence-electron chi connectivity index (χ2n) is 5.63. The maximum absolute atomic E-state index is 14.8. The van der Waals surface area contributed by atoms with E-state index in [4.69, 9.17) is 9.52 Å². The van der Waals surface area contributed by atoms with Gasteiger partial charge in [-0.2, -0.15) is 13.2 Å². The van der Waals surface area contributed by atoms with Crippen LogP contribution in [0.4, 0.5) is 33.3 Å². The van der Waals surface area contributed by atoms with Gasteiger partial charge in [-0.3, -0.25) is 9.63 Å². The van der Waals surface area contributed by atoms with Crippen molar-refractivity contribution in [2.75, 3.05) is 18.5 Å². The molecule has 0 aliphatic carbocycles. The summed E-state index contributed by atoms with van der Waals surface area (Å²) in [5, 5.41) is 10.9. The molecule has 0 saturated heterocycles. The zero-order chi connectivity index (χ0) is 21.2. The number of hydrogen-bond donors (Lipinski definition) is 3. The second-order valence-corrected chi connectivity index (χ2v) is 5.63. The Morgan fingerprint density at radius 2 is 2.00 bits per heavy atom. The Bertz CT molecular complexity index is 1050. The molecule has 0 bridgehead atoms. The minimum Gasteiger partial charge on any atom is -0.443 e. The van der Waals surface area contributed by atoms with Crippen LogP contribution in [-0.4, -0.2) is 29.2 Å². The Labute approximate surface area is 159 Å². The Hall–Kier alpha value is -3.25. The Balaban J connectivity index is 2.02. The number of oxazole rings is 1. The van der Waals surface area contributed by atoms with Gasteiger partial charge in [-0.15, -0.1) is 0 Å². The number of fused-ring (bicyclic) bond motifs is 1. The maximum atomic E-state index is 14.8. The van der Waals surface area contributed by atoms with E-state index in [1.807, 2.05) is 5.48 Å². The van der Waals surface area contributed by atoms with Crippen LogP contribution in [-0.2, 0) is 11.0 Å². The fraction of sp³-hybridized carbons (Fsp3) is 0.176. The first-order valence-corrected chi connectivity index (χ1v) is 7.95. The van der Waals surface area contributed by atoms with Gasteiger partial charge in [0.25, 0.3) is 5.91 Å². The number of amides is 1. The summed E-state index contributed by atoms with van der Waals surface area (Å²) in [5.41, 5.74) is -1.15. The van der Waals surface area contributed by atoms with Crippen LogP contribution in [0.5, 0.6) is 0 Å². The zero-order valence-corrected chi connectivity index (χ0v) is 14.3. The van der Waals surface area contributed by atoms with Gasteiger partial charge >= 0.3 is 6.18 Å². The summed E-state index contributed by atoms with van der Waals surface area (Å²) in [6, 6.07) is 2.68. The maximum Gasteiger partial charge on any atom is 0.416 e. The molecule has 0 aliphatic rings. The molecule has 7 nitrogen and oxygen atoms in total. The highest BCUT2D eigenvalue weighted by Gasteiger charge is 2.31.